The molecule has 3 nitrogen and oxygen atoms in total. The molecule has 0 aromatic heterocycles. The van der Waals surface area contributed by atoms with E-state index in [1.807, 2.05) is 42.5 Å². The number of ether oxygens (including phenoxy) is 1. The normalized spacial score (nSPS) is 24.1. The van der Waals surface area contributed by atoms with Crippen molar-refractivity contribution in [3.05, 3.63) is 42.0 Å². The Bertz CT molecular complexity index is 411. The van der Waals surface area contributed by atoms with Crippen LogP contribution in [0.2, 0.25) is 0 Å². The third-order valence-electron chi connectivity index (χ3n) is 2.88. The van der Waals surface area contributed by atoms with Crippen molar-refractivity contribution in [1.82, 2.24) is 5.32 Å². The van der Waals surface area contributed by atoms with Crippen molar-refractivity contribution in [3.8, 4) is 0 Å². The summed E-state index contributed by atoms with van der Waals surface area (Å²) < 4.78 is 5.22. The van der Waals surface area contributed by atoms with Crippen LogP contribution in [-0.4, -0.2) is 18.2 Å². The van der Waals surface area contributed by atoms with Crippen LogP contribution in [0.1, 0.15) is 19.4 Å². The number of cyclic esters (lactones) is 1. The lowest BCUT2D eigenvalue weighted by Gasteiger charge is -2.16. The van der Waals surface area contributed by atoms with E-state index < -0.39 is 0 Å². The van der Waals surface area contributed by atoms with Gasteiger partial charge in [-0.15, -0.1) is 0 Å². The molecule has 1 aromatic rings. The van der Waals surface area contributed by atoms with Gasteiger partial charge in [0.15, 0.2) is 0 Å². The van der Waals surface area contributed by atoms with Gasteiger partial charge in [0, 0.05) is 0 Å². The Morgan fingerprint density at radius 2 is 2.00 bits per heavy atom. The van der Waals surface area contributed by atoms with Crippen LogP contribution in [0.3, 0.4) is 0 Å². The van der Waals surface area contributed by atoms with Gasteiger partial charge in [-0.05, 0) is 17.6 Å². The molecule has 1 fully saturated rings. The van der Waals surface area contributed by atoms with E-state index in [9.17, 15) is 4.79 Å². The van der Waals surface area contributed by atoms with Crippen LogP contribution >= 0.6 is 0 Å². The monoisotopic (exact) mass is 231 g/mol. The lowest BCUT2D eigenvalue weighted by atomic mass is 9.98. The number of rotatable bonds is 3. The summed E-state index contributed by atoms with van der Waals surface area (Å²) >= 11 is 0. The van der Waals surface area contributed by atoms with Gasteiger partial charge in [-0.25, -0.2) is 4.79 Å². The fraction of sp³-hybridized carbons (Fsp3) is 0.357. The molecule has 1 heterocycles. The Hall–Kier alpha value is -1.77. The van der Waals surface area contributed by atoms with Crippen molar-refractivity contribution >= 4 is 12.2 Å². The molecule has 0 spiro atoms. The van der Waals surface area contributed by atoms with Gasteiger partial charge in [0.2, 0.25) is 0 Å². The van der Waals surface area contributed by atoms with Gasteiger partial charge < -0.3 is 10.1 Å². The van der Waals surface area contributed by atoms with Gasteiger partial charge in [-0.3, -0.25) is 0 Å². The van der Waals surface area contributed by atoms with Crippen molar-refractivity contribution < 1.29 is 9.53 Å². The minimum absolute atomic E-state index is 0.0578. The topological polar surface area (TPSA) is 38.3 Å². The number of hydrogen-bond donors (Lipinski definition) is 1. The van der Waals surface area contributed by atoms with Crippen molar-refractivity contribution in [2.75, 3.05) is 0 Å². The molecule has 1 aliphatic rings. The summed E-state index contributed by atoms with van der Waals surface area (Å²) in [6, 6.07) is 10.0. The SMILES string of the molecule is CC(C)[C@@H]1NC(=O)O[C@H]1/C=C/c1ccccc1. The third kappa shape index (κ3) is 2.87. The predicted octanol–water partition coefficient (Wildman–Crippen LogP) is 2.83. The van der Waals surface area contributed by atoms with Crippen molar-refractivity contribution in [2.45, 2.75) is 26.0 Å². The first-order valence-corrected chi connectivity index (χ1v) is 5.87. The van der Waals surface area contributed by atoms with Crippen LogP contribution in [0, 0.1) is 5.92 Å². The zero-order chi connectivity index (χ0) is 12.3. The minimum Gasteiger partial charge on any atom is -0.440 e. The maximum Gasteiger partial charge on any atom is 0.408 e. The number of benzene rings is 1. The van der Waals surface area contributed by atoms with Crippen LogP contribution in [0.5, 0.6) is 0 Å². The molecule has 1 aliphatic heterocycles. The van der Waals surface area contributed by atoms with E-state index in [1.54, 1.807) is 0 Å². The molecule has 2 rings (SSSR count). The van der Waals surface area contributed by atoms with Crippen LogP contribution in [0.4, 0.5) is 4.79 Å². The van der Waals surface area contributed by atoms with Gasteiger partial charge in [0.1, 0.15) is 6.10 Å². The van der Waals surface area contributed by atoms with E-state index in [0.29, 0.717) is 5.92 Å². The Morgan fingerprint density at radius 1 is 1.29 bits per heavy atom. The Kier molecular flexibility index (Phi) is 3.47. The Morgan fingerprint density at radius 3 is 2.65 bits per heavy atom. The second-order valence-electron chi connectivity index (χ2n) is 4.55. The molecule has 1 amide bonds. The average Bonchev–Trinajstić information content (AvgIpc) is 2.69. The Balaban J connectivity index is 2.07. The highest BCUT2D eigenvalue weighted by Gasteiger charge is 2.33. The molecule has 0 radical (unpaired) electrons. The molecule has 0 saturated carbocycles. The molecular weight excluding hydrogens is 214 g/mol. The third-order valence-corrected chi connectivity index (χ3v) is 2.88. The maximum absolute atomic E-state index is 11.2. The first kappa shape index (κ1) is 11.7. The summed E-state index contributed by atoms with van der Waals surface area (Å²) in [7, 11) is 0. The van der Waals surface area contributed by atoms with E-state index in [-0.39, 0.29) is 18.2 Å². The van der Waals surface area contributed by atoms with Gasteiger partial charge >= 0.3 is 6.09 Å². The van der Waals surface area contributed by atoms with E-state index in [0.717, 1.165) is 5.56 Å². The molecule has 2 atom stereocenters. The van der Waals surface area contributed by atoms with Crippen molar-refractivity contribution in [1.29, 1.82) is 0 Å². The molecule has 1 N–H and O–H groups in total. The van der Waals surface area contributed by atoms with Crippen LogP contribution in [0.15, 0.2) is 36.4 Å². The van der Waals surface area contributed by atoms with Gasteiger partial charge in [-0.1, -0.05) is 50.3 Å². The van der Waals surface area contributed by atoms with E-state index in [1.165, 1.54) is 0 Å². The quantitative estimate of drug-likeness (QED) is 0.868. The van der Waals surface area contributed by atoms with Crippen molar-refractivity contribution in [2.24, 2.45) is 5.92 Å². The summed E-state index contributed by atoms with van der Waals surface area (Å²) in [6.07, 6.45) is 3.42. The van der Waals surface area contributed by atoms with Crippen LogP contribution in [-0.2, 0) is 4.74 Å². The summed E-state index contributed by atoms with van der Waals surface area (Å²) in [5, 5.41) is 2.83. The number of nitrogens with one attached hydrogen (secondary N) is 1. The highest BCUT2D eigenvalue weighted by Crippen LogP contribution is 2.18. The highest BCUT2D eigenvalue weighted by atomic mass is 16.6. The number of carbonyl (C=O) groups excluding carboxylic acids is 1. The van der Waals surface area contributed by atoms with E-state index in [4.69, 9.17) is 4.74 Å². The first-order valence-electron chi connectivity index (χ1n) is 5.87. The molecule has 1 saturated heterocycles. The fourth-order valence-electron chi connectivity index (χ4n) is 1.92. The Labute approximate surface area is 101 Å². The van der Waals surface area contributed by atoms with Crippen LogP contribution in [0.25, 0.3) is 6.08 Å². The van der Waals surface area contributed by atoms with Gasteiger partial charge in [-0.2, -0.15) is 0 Å². The summed E-state index contributed by atoms with van der Waals surface area (Å²) in [5.74, 6) is 0.354. The second-order valence-corrected chi connectivity index (χ2v) is 4.55. The molecule has 0 bridgehead atoms. The standard InChI is InChI=1S/C14H17NO2/c1-10(2)13-12(17-14(16)15-13)9-8-11-6-4-3-5-7-11/h3-10,12-13H,1-2H3,(H,15,16)/b9-8+/t12-,13-/m0/s1. The number of carbonyl (C=O) groups is 1. The van der Waals surface area contributed by atoms with Crippen molar-refractivity contribution in [3.63, 3.8) is 0 Å². The number of amides is 1. The predicted molar refractivity (Wildman–Crippen MR) is 67.5 cm³/mol. The van der Waals surface area contributed by atoms with E-state index in [2.05, 4.69) is 19.2 Å². The first-order chi connectivity index (χ1) is 8.16. The summed E-state index contributed by atoms with van der Waals surface area (Å²) in [6.45, 7) is 4.14. The zero-order valence-corrected chi connectivity index (χ0v) is 10.1. The molecule has 0 unspecified atom stereocenters. The molecule has 17 heavy (non-hydrogen) atoms. The van der Waals surface area contributed by atoms with Crippen LogP contribution < -0.4 is 5.32 Å². The van der Waals surface area contributed by atoms with E-state index >= 15 is 0 Å². The lowest BCUT2D eigenvalue weighted by Crippen LogP contribution is -2.35. The number of alkyl carbamates (subject to hydrolysis) is 1. The fourth-order valence-corrected chi connectivity index (χ4v) is 1.92. The van der Waals surface area contributed by atoms with Gasteiger partial charge in [0.05, 0.1) is 6.04 Å². The number of hydrogen-bond acceptors (Lipinski definition) is 2. The average molecular weight is 231 g/mol. The molecule has 90 valence electrons. The zero-order valence-electron chi connectivity index (χ0n) is 10.1. The molecular formula is C14H17NO2. The molecule has 0 aliphatic carbocycles. The lowest BCUT2D eigenvalue weighted by molar-refractivity contribution is 0.150. The largest absolute Gasteiger partial charge is 0.440 e. The maximum atomic E-state index is 11.2. The highest BCUT2D eigenvalue weighted by molar-refractivity contribution is 5.71. The molecule has 3 heteroatoms. The van der Waals surface area contributed by atoms with Gasteiger partial charge in [0.25, 0.3) is 0 Å². The smallest absolute Gasteiger partial charge is 0.408 e. The minimum atomic E-state index is -0.327. The summed E-state index contributed by atoms with van der Waals surface area (Å²) in [4.78, 5) is 11.2. The molecule has 1 aromatic carbocycles. The summed E-state index contributed by atoms with van der Waals surface area (Å²) in [5.41, 5.74) is 1.11. The second kappa shape index (κ2) is 5.04.